The van der Waals surface area contributed by atoms with Crippen LogP contribution in [0.1, 0.15) is 11.1 Å². The number of hydrogen-bond donors (Lipinski definition) is 0. The number of benzene rings is 2. The molecule has 2 aromatic carbocycles. The van der Waals surface area contributed by atoms with Crippen molar-refractivity contribution in [3.8, 4) is 11.1 Å². The van der Waals surface area contributed by atoms with E-state index in [1.54, 1.807) is 11.1 Å². The molecular weight excluding hydrogens is 223 g/mol. The van der Waals surface area contributed by atoms with Crippen molar-refractivity contribution in [3.05, 3.63) is 59.7 Å². The summed E-state index contributed by atoms with van der Waals surface area (Å²) < 4.78 is 0. The molecule has 2 atom stereocenters. The molecule has 0 fully saturated rings. The molecule has 1 aliphatic rings. The Hall–Kier alpha value is -1.13. The van der Waals surface area contributed by atoms with Gasteiger partial charge in [0.25, 0.3) is 0 Å². The van der Waals surface area contributed by atoms with E-state index in [9.17, 15) is 0 Å². The van der Waals surface area contributed by atoms with Gasteiger partial charge in [-0.3, -0.25) is 0 Å². The van der Waals surface area contributed by atoms with Crippen LogP contribution < -0.4 is 0 Å². The van der Waals surface area contributed by atoms with Crippen molar-refractivity contribution in [2.45, 2.75) is 12.8 Å². The molecule has 1 heteroatoms. The van der Waals surface area contributed by atoms with E-state index in [0.717, 1.165) is 5.92 Å². The van der Waals surface area contributed by atoms with Gasteiger partial charge in [-0.15, -0.1) is 9.24 Å². The third-order valence-electron chi connectivity index (χ3n) is 3.69. The van der Waals surface area contributed by atoms with Crippen LogP contribution in [0, 0.1) is 5.92 Å². The van der Waals surface area contributed by atoms with E-state index >= 15 is 0 Å². The molecule has 0 radical (unpaired) electrons. The maximum absolute atomic E-state index is 2.89. The topological polar surface area (TPSA) is 0 Å². The minimum atomic E-state index is 0.819. The summed E-state index contributed by atoms with van der Waals surface area (Å²) in [6, 6.07) is 17.5. The third kappa shape index (κ3) is 2.03. The van der Waals surface area contributed by atoms with E-state index in [2.05, 4.69) is 57.8 Å². The first-order valence-corrected chi connectivity index (χ1v) is 7.06. The SMILES string of the molecule is PCC1Cc2cccc(-c3ccccc3)c2C1. The molecular formula is C16H17P. The molecule has 86 valence electrons. The third-order valence-corrected chi connectivity index (χ3v) is 4.36. The average Bonchev–Trinajstić information content (AvgIpc) is 2.82. The number of rotatable bonds is 2. The summed E-state index contributed by atoms with van der Waals surface area (Å²) in [4.78, 5) is 0. The molecule has 3 rings (SSSR count). The monoisotopic (exact) mass is 240 g/mol. The fraction of sp³-hybridized carbons (Fsp3) is 0.250. The van der Waals surface area contributed by atoms with E-state index in [4.69, 9.17) is 0 Å². The number of hydrogen-bond acceptors (Lipinski definition) is 0. The maximum Gasteiger partial charge on any atom is -0.0149 e. The molecule has 0 aliphatic heterocycles. The summed E-state index contributed by atoms with van der Waals surface area (Å²) in [7, 11) is 2.89. The van der Waals surface area contributed by atoms with Gasteiger partial charge < -0.3 is 0 Å². The highest BCUT2D eigenvalue weighted by Crippen LogP contribution is 2.35. The van der Waals surface area contributed by atoms with Crippen molar-refractivity contribution in [1.29, 1.82) is 0 Å². The molecule has 0 bridgehead atoms. The van der Waals surface area contributed by atoms with Crippen molar-refractivity contribution >= 4 is 9.24 Å². The highest BCUT2D eigenvalue weighted by Gasteiger charge is 2.22. The average molecular weight is 240 g/mol. The van der Waals surface area contributed by atoms with E-state index in [1.165, 1.54) is 30.1 Å². The molecule has 0 saturated carbocycles. The molecule has 0 nitrogen and oxygen atoms in total. The van der Waals surface area contributed by atoms with Crippen LogP contribution in [-0.4, -0.2) is 6.16 Å². The Morgan fingerprint density at radius 2 is 1.76 bits per heavy atom. The summed E-state index contributed by atoms with van der Waals surface area (Å²) in [6.45, 7) is 0. The maximum atomic E-state index is 2.89. The second kappa shape index (κ2) is 4.63. The van der Waals surface area contributed by atoms with Crippen molar-refractivity contribution in [3.63, 3.8) is 0 Å². The van der Waals surface area contributed by atoms with Crippen LogP contribution in [-0.2, 0) is 12.8 Å². The van der Waals surface area contributed by atoms with Gasteiger partial charge in [0.2, 0.25) is 0 Å². The van der Waals surface area contributed by atoms with Gasteiger partial charge in [0.1, 0.15) is 0 Å². The van der Waals surface area contributed by atoms with Gasteiger partial charge in [0, 0.05) is 0 Å². The van der Waals surface area contributed by atoms with Crippen LogP contribution >= 0.6 is 9.24 Å². The van der Waals surface area contributed by atoms with Crippen LogP contribution in [0.2, 0.25) is 0 Å². The van der Waals surface area contributed by atoms with Crippen LogP contribution in [0.4, 0.5) is 0 Å². The van der Waals surface area contributed by atoms with E-state index in [0.29, 0.717) is 0 Å². The quantitative estimate of drug-likeness (QED) is 0.697. The molecule has 2 unspecified atom stereocenters. The molecule has 0 N–H and O–H groups in total. The van der Waals surface area contributed by atoms with Gasteiger partial charge in [0.05, 0.1) is 0 Å². The van der Waals surface area contributed by atoms with Crippen LogP contribution in [0.15, 0.2) is 48.5 Å². The zero-order valence-corrected chi connectivity index (χ0v) is 11.0. The lowest BCUT2D eigenvalue weighted by molar-refractivity contribution is 0.639. The van der Waals surface area contributed by atoms with Crippen molar-refractivity contribution in [2.24, 2.45) is 5.92 Å². The highest BCUT2D eigenvalue weighted by atomic mass is 31.0. The van der Waals surface area contributed by atoms with Gasteiger partial charge >= 0.3 is 0 Å². The van der Waals surface area contributed by atoms with Crippen molar-refractivity contribution in [2.75, 3.05) is 6.16 Å². The predicted octanol–water partition coefficient (Wildman–Crippen LogP) is 3.94. The van der Waals surface area contributed by atoms with Crippen LogP contribution in [0.5, 0.6) is 0 Å². The molecule has 0 amide bonds. The van der Waals surface area contributed by atoms with Crippen molar-refractivity contribution in [1.82, 2.24) is 0 Å². The van der Waals surface area contributed by atoms with Crippen LogP contribution in [0.3, 0.4) is 0 Å². The fourth-order valence-corrected chi connectivity index (χ4v) is 3.13. The van der Waals surface area contributed by atoms with Crippen LogP contribution in [0.25, 0.3) is 11.1 Å². The van der Waals surface area contributed by atoms with Gasteiger partial charge in [-0.2, -0.15) is 0 Å². The molecule has 0 heterocycles. The Labute approximate surface area is 105 Å². The summed E-state index contributed by atoms with van der Waals surface area (Å²) in [5.41, 5.74) is 5.92. The first-order chi connectivity index (χ1) is 8.38. The smallest absolute Gasteiger partial charge is 0.0149 e. The summed E-state index contributed by atoms with van der Waals surface area (Å²) >= 11 is 0. The summed E-state index contributed by atoms with van der Waals surface area (Å²) in [5.74, 6) is 0.819. The van der Waals surface area contributed by atoms with Gasteiger partial charge in [0.15, 0.2) is 0 Å². The Morgan fingerprint density at radius 3 is 2.53 bits per heavy atom. The molecule has 0 saturated heterocycles. The second-order valence-electron chi connectivity index (χ2n) is 4.82. The molecule has 0 spiro atoms. The molecule has 17 heavy (non-hydrogen) atoms. The van der Waals surface area contributed by atoms with Gasteiger partial charge in [-0.25, -0.2) is 0 Å². The largest absolute Gasteiger partial charge is 0.137 e. The van der Waals surface area contributed by atoms with Gasteiger partial charge in [-0.05, 0) is 47.2 Å². The standard InChI is InChI=1S/C16H17P/c17-11-12-9-14-7-4-8-15(16(14)10-12)13-5-2-1-3-6-13/h1-8,12H,9-11,17H2. The van der Waals surface area contributed by atoms with E-state index in [1.807, 2.05) is 0 Å². The lowest BCUT2D eigenvalue weighted by Gasteiger charge is -2.08. The lowest BCUT2D eigenvalue weighted by Crippen LogP contribution is -1.99. The Balaban J connectivity index is 2.07. The normalized spacial score (nSPS) is 18.1. The summed E-state index contributed by atoms with van der Waals surface area (Å²) in [5, 5.41) is 0. The first-order valence-electron chi connectivity index (χ1n) is 6.24. The zero-order valence-electron chi connectivity index (χ0n) is 9.89. The Morgan fingerprint density at radius 1 is 0.941 bits per heavy atom. The predicted molar refractivity (Wildman–Crippen MR) is 77.4 cm³/mol. The second-order valence-corrected chi connectivity index (χ2v) is 5.29. The van der Waals surface area contributed by atoms with Crippen molar-refractivity contribution < 1.29 is 0 Å². The Kier molecular flexibility index (Phi) is 2.99. The van der Waals surface area contributed by atoms with E-state index in [-0.39, 0.29) is 0 Å². The first kappa shape index (κ1) is 11.0. The van der Waals surface area contributed by atoms with E-state index < -0.39 is 0 Å². The molecule has 1 aliphatic carbocycles. The summed E-state index contributed by atoms with van der Waals surface area (Å²) in [6.07, 6.45) is 3.70. The Bertz CT molecular complexity index is 516. The fourth-order valence-electron chi connectivity index (χ4n) is 2.79. The van der Waals surface area contributed by atoms with Gasteiger partial charge in [-0.1, -0.05) is 48.5 Å². The lowest BCUT2D eigenvalue weighted by atomic mass is 9.97. The highest BCUT2D eigenvalue weighted by molar-refractivity contribution is 7.16. The zero-order chi connectivity index (χ0) is 11.7. The minimum Gasteiger partial charge on any atom is -0.137 e. The molecule has 2 aromatic rings. The molecule has 0 aromatic heterocycles. The number of fused-ring (bicyclic) bond motifs is 1. The minimum absolute atomic E-state index is 0.819.